The molecule has 0 radical (unpaired) electrons. The second kappa shape index (κ2) is 9.68. The number of anilines is 1. The van der Waals surface area contributed by atoms with Gasteiger partial charge in [-0.1, -0.05) is 26.0 Å². The number of aromatic nitrogens is 2. The number of aryl methyl sites for hydroxylation is 3. The van der Waals surface area contributed by atoms with Crippen LogP contribution in [0.4, 0.5) is 5.69 Å². The average Bonchev–Trinajstić information content (AvgIpc) is 2.83. The van der Waals surface area contributed by atoms with Crippen LogP contribution in [0.5, 0.6) is 0 Å². The van der Waals surface area contributed by atoms with Gasteiger partial charge in [-0.2, -0.15) is 4.31 Å². The lowest BCUT2D eigenvalue weighted by molar-refractivity contribution is -0.118. The molecule has 0 fully saturated rings. The maximum Gasteiger partial charge on any atom is 0.261 e. The molecule has 8 nitrogen and oxygen atoms in total. The van der Waals surface area contributed by atoms with Gasteiger partial charge in [0.05, 0.1) is 22.1 Å². The van der Waals surface area contributed by atoms with Gasteiger partial charge in [0, 0.05) is 38.3 Å². The first-order chi connectivity index (χ1) is 16.3. The van der Waals surface area contributed by atoms with Gasteiger partial charge in [-0.3, -0.25) is 14.2 Å². The summed E-state index contributed by atoms with van der Waals surface area (Å²) in [6, 6.07) is 10.5. The molecule has 1 amide bonds. The number of carbonyl (C=O) groups is 1. The van der Waals surface area contributed by atoms with E-state index in [1.54, 1.807) is 29.2 Å². The first kappa shape index (κ1) is 24.1. The molecule has 9 heteroatoms. The van der Waals surface area contributed by atoms with Crippen molar-refractivity contribution < 1.29 is 13.2 Å². The molecular formula is C25H30N4O4S. The number of hydrogen-bond donors (Lipinski definition) is 0. The fourth-order valence-electron chi connectivity index (χ4n) is 4.55. The van der Waals surface area contributed by atoms with E-state index in [2.05, 4.69) is 4.98 Å². The number of hydrogen-bond acceptors (Lipinski definition) is 5. The topological polar surface area (TPSA) is 92.6 Å². The molecule has 0 aliphatic carbocycles. The van der Waals surface area contributed by atoms with Crippen LogP contribution in [-0.2, 0) is 27.8 Å². The Morgan fingerprint density at radius 1 is 1.15 bits per heavy atom. The van der Waals surface area contributed by atoms with E-state index in [9.17, 15) is 18.0 Å². The summed E-state index contributed by atoms with van der Waals surface area (Å²) in [5.41, 5.74) is 3.05. The van der Waals surface area contributed by atoms with Crippen molar-refractivity contribution >= 4 is 32.5 Å². The highest BCUT2D eigenvalue weighted by Crippen LogP contribution is 2.31. The zero-order valence-electron chi connectivity index (χ0n) is 19.8. The maximum atomic E-state index is 13.1. The molecule has 0 saturated carbocycles. The summed E-state index contributed by atoms with van der Waals surface area (Å²) < 4.78 is 28.7. The summed E-state index contributed by atoms with van der Waals surface area (Å²) in [5, 5.41) is 0.542. The van der Waals surface area contributed by atoms with Gasteiger partial charge in [0.2, 0.25) is 15.9 Å². The number of carbonyl (C=O) groups excluding carboxylic acids is 1. The Morgan fingerprint density at radius 3 is 2.65 bits per heavy atom. The van der Waals surface area contributed by atoms with Crippen LogP contribution in [0.1, 0.15) is 37.8 Å². The number of nitrogens with zero attached hydrogens (tertiary/aromatic N) is 4. The van der Waals surface area contributed by atoms with Crippen molar-refractivity contribution in [2.75, 3.05) is 24.5 Å². The third-order valence-corrected chi connectivity index (χ3v) is 8.48. The second-order valence-corrected chi connectivity index (χ2v) is 10.4. The smallest absolute Gasteiger partial charge is 0.261 e. The standard InChI is InChI=1S/C25H30N4O4S/c1-4-28(5-2)34(32,33)20-11-12-22-19(16-20)9-7-14-29(22)23(30)13-15-27-17-26-24-18(3)8-6-10-21(24)25(27)31/h6,8,10-12,16-17H,4-5,7,9,13-15H2,1-3H3. The van der Waals surface area contributed by atoms with E-state index in [-0.39, 0.29) is 29.3 Å². The molecule has 0 spiro atoms. The lowest BCUT2D eigenvalue weighted by Gasteiger charge is -2.30. The molecule has 2 heterocycles. The molecule has 1 aromatic heterocycles. The molecule has 0 unspecified atom stereocenters. The predicted molar refractivity (Wildman–Crippen MR) is 133 cm³/mol. The molecule has 0 bridgehead atoms. The van der Waals surface area contributed by atoms with Crippen molar-refractivity contribution in [3.8, 4) is 0 Å². The van der Waals surface area contributed by atoms with E-state index in [0.717, 1.165) is 23.2 Å². The number of amides is 1. The minimum absolute atomic E-state index is 0.100. The van der Waals surface area contributed by atoms with E-state index in [1.807, 2.05) is 32.9 Å². The zero-order valence-corrected chi connectivity index (χ0v) is 20.6. The van der Waals surface area contributed by atoms with Gasteiger partial charge in [-0.25, -0.2) is 13.4 Å². The van der Waals surface area contributed by atoms with Gasteiger partial charge >= 0.3 is 0 Å². The van der Waals surface area contributed by atoms with Crippen molar-refractivity contribution in [1.82, 2.24) is 13.9 Å². The minimum atomic E-state index is -3.56. The zero-order chi connectivity index (χ0) is 24.5. The van der Waals surface area contributed by atoms with Crippen molar-refractivity contribution in [3.05, 3.63) is 64.2 Å². The van der Waals surface area contributed by atoms with Crippen molar-refractivity contribution in [2.45, 2.75) is 51.5 Å². The molecule has 1 aliphatic heterocycles. The molecule has 0 saturated heterocycles. The van der Waals surface area contributed by atoms with Gasteiger partial charge in [0.25, 0.3) is 5.56 Å². The Hall–Kier alpha value is -3.04. The van der Waals surface area contributed by atoms with Crippen LogP contribution in [0.3, 0.4) is 0 Å². The highest BCUT2D eigenvalue weighted by Gasteiger charge is 2.27. The van der Waals surface area contributed by atoms with Crippen LogP contribution in [0.25, 0.3) is 10.9 Å². The Morgan fingerprint density at radius 2 is 1.91 bits per heavy atom. The number of para-hydroxylation sites is 1. The fraction of sp³-hybridized carbons (Fsp3) is 0.400. The quantitative estimate of drug-likeness (QED) is 0.516. The Labute approximate surface area is 199 Å². The van der Waals surface area contributed by atoms with Crippen LogP contribution in [0.15, 0.2) is 52.4 Å². The predicted octanol–water partition coefficient (Wildman–Crippen LogP) is 3.10. The molecule has 180 valence electrons. The number of benzene rings is 2. The third-order valence-electron chi connectivity index (χ3n) is 6.44. The highest BCUT2D eigenvalue weighted by molar-refractivity contribution is 7.89. The monoisotopic (exact) mass is 482 g/mol. The molecule has 4 rings (SSSR count). The Bertz CT molecular complexity index is 1390. The fourth-order valence-corrected chi connectivity index (χ4v) is 6.06. The van der Waals surface area contributed by atoms with Crippen LogP contribution < -0.4 is 10.5 Å². The minimum Gasteiger partial charge on any atom is -0.312 e. The SMILES string of the molecule is CCN(CC)S(=O)(=O)c1ccc2c(c1)CCCN2C(=O)CCn1cnc2c(C)cccc2c1=O. The van der Waals surface area contributed by atoms with Crippen molar-refractivity contribution in [2.24, 2.45) is 0 Å². The summed E-state index contributed by atoms with van der Waals surface area (Å²) in [5.74, 6) is -0.100. The van der Waals surface area contributed by atoms with Crippen LogP contribution in [0.2, 0.25) is 0 Å². The van der Waals surface area contributed by atoms with Gasteiger partial charge in [0.1, 0.15) is 0 Å². The Kier molecular flexibility index (Phi) is 6.86. The Balaban J connectivity index is 1.54. The normalized spacial score (nSPS) is 13.9. The van der Waals surface area contributed by atoms with E-state index in [4.69, 9.17) is 0 Å². The molecule has 3 aromatic rings. The molecule has 2 aromatic carbocycles. The first-order valence-corrected chi connectivity index (χ1v) is 13.1. The van der Waals surface area contributed by atoms with Gasteiger partial charge < -0.3 is 4.90 Å². The van der Waals surface area contributed by atoms with Crippen molar-refractivity contribution in [3.63, 3.8) is 0 Å². The number of sulfonamides is 1. The summed E-state index contributed by atoms with van der Waals surface area (Å²) >= 11 is 0. The molecular weight excluding hydrogens is 452 g/mol. The van der Waals surface area contributed by atoms with Crippen LogP contribution >= 0.6 is 0 Å². The van der Waals surface area contributed by atoms with E-state index < -0.39 is 10.0 Å². The number of rotatable bonds is 7. The van der Waals surface area contributed by atoms with Crippen LogP contribution in [0, 0.1) is 6.92 Å². The van der Waals surface area contributed by atoms with Gasteiger partial charge in [-0.05, 0) is 55.2 Å². The molecule has 0 atom stereocenters. The highest BCUT2D eigenvalue weighted by atomic mass is 32.2. The van der Waals surface area contributed by atoms with Gasteiger partial charge in [-0.15, -0.1) is 0 Å². The average molecular weight is 483 g/mol. The van der Waals surface area contributed by atoms with E-state index >= 15 is 0 Å². The maximum absolute atomic E-state index is 13.1. The van der Waals surface area contributed by atoms with E-state index in [0.29, 0.717) is 37.0 Å². The van der Waals surface area contributed by atoms with Crippen LogP contribution in [-0.4, -0.2) is 47.8 Å². The first-order valence-electron chi connectivity index (χ1n) is 11.7. The third kappa shape index (κ3) is 4.37. The molecule has 0 N–H and O–H groups in total. The summed E-state index contributed by atoms with van der Waals surface area (Å²) in [4.78, 5) is 32.3. The van der Waals surface area contributed by atoms with Crippen molar-refractivity contribution in [1.29, 1.82) is 0 Å². The number of fused-ring (bicyclic) bond motifs is 2. The second-order valence-electron chi connectivity index (χ2n) is 8.49. The van der Waals surface area contributed by atoms with Gasteiger partial charge in [0.15, 0.2) is 0 Å². The largest absolute Gasteiger partial charge is 0.312 e. The lowest BCUT2D eigenvalue weighted by Crippen LogP contribution is -2.37. The van der Waals surface area contributed by atoms with E-state index in [1.165, 1.54) is 15.2 Å². The summed E-state index contributed by atoms with van der Waals surface area (Å²) in [6.45, 7) is 7.16. The molecule has 1 aliphatic rings. The molecule has 34 heavy (non-hydrogen) atoms. The summed E-state index contributed by atoms with van der Waals surface area (Å²) in [6.07, 6.45) is 3.12. The summed E-state index contributed by atoms with van der Waals surface area (Å²) in [7, 11) is -3.56. The lowest BCUT2D eigenvalue weighted by atomic mass is 10.0.